The maximum Gasteiger partial charge on any atom is 0.252 e. The van der Waals surface area contributed by atoms with Crippen LogP contribution < -0.4 is 26.2 Å². The van der Waals surface area contributed by atoms with Crippen LogP contribution in [0.4, 0.5) is 34.1 Å². The SMILES string of the molecule is C=Cc1ccc(-c2ccc3c(c2)N(c2ccccc2)c2cc(-c4ccc(C=C)cc4)cc4c2B3c2ccccc2N4c2ccccc2)cc1. The molecule has 0 spiro atoms. The van der Waals surface area contributed by atoms with Gasteiger partial charge in [-0.05, 0) is 98.3 Å². The first-order valence-corrected chi connectivity index (χ1v) is 16.8. The van der Waals surface area contributed by atoms with Crippen LogP contribution in [-0.4, -0.2) is 6.71 Å². The lowest BCUT2D eigenvalue weighted by Gasteiger charge is -2.44. The summed E-state index contributed by atoms with van der Waals surface area (Å²) in [6.45, 7) is 8.00. The minimum absolute atomic E-state index is 0.0607. The monoisotopic (exact) mass is 624 g/mol. The molecule has 2 nitrogen and oxygen atoms in total. The standard InChI is InChI=1S/C46H33BN2/c1-3-32-19-23-34(24-20-32)36-27-28-41-43(29-36)49(39-15-9-6-10-16-39)45-31-37(35-25-21-33(4-2)22-26-35)30-44-46(45)47(41)40-17-11-12-18-42(40)48(44)38-13-7-5-8-14-38/h3-31H,1-2H2. The second-order valence-electron chi connectivity index (χ2n) is 12.7. The van der Waals surface area contributed by atoms with Crippen LogP contribution in [0.3, 0.4) is 0 Å². The van der Waals surface area contributed by atoms with Gasteiger partial charge in [0, 0.05) is 34.1 Å². The molecule has 9 rings (SSSR count). The smallest absolute Gasteiger partial charge is 0.252 e. The van der Waals surface area contributed by atoms with Crippen molar-refractivity contribution >= 4 is 69.4 Å². The minimum atomic E-state index is 0.0607. The average Bonchev–Trinajstić information content (AvgIpc) is 3.18. The lowest BCUT2D eigenvalue weighted by Crippen LogP contribution is -2.61. The van der Waals surface area contributed by atoms with Crippen LogP contribution in [0.1, 0.15) is 11.1 Å². The Labute approximate surface area is 288 Å². The van der Waals surface area contributed by atoms with E-state index in [1.54, 1.807) is 0 Å². The lowest BCUT2D eigenvalue weighted by atomic mass is 9.33. The molecule has 7 aromatic carbocycles. The van der Waals surface area contributed by atoms with Crippen LogP contribution in [0, 0.1) is 0 Å². The number of para-hydroxylation sites is 3. The molecule has 0 unspecified atom stereocenters. The molecule has 0 amide bonds. The Morgan fingerprint density at radius 3 is 1.41 bits per heavy atom. The van der Waals surface area contributed by atoms with Gasteiger partial charge in [0.2, 0.25) is 0 Å². The fourth-order valence-electron chi connectivity index (χ4n) is 7.62. The molecule has 3 heteroatoms. The van der Waals surface area contributed by atoms with E-state index in [2.05, 4.69) is 187 Å². The van der Waals surface area contributed by atoms with Gasteiger partial charge in [-0.1, -0.05) is 141 Å². The van der Waals surface area contributed by atoms with Crippen molar-refractivity contribution in [3.63, 3.8) is 0 Å². The van der Waals surface area contributed by atoms with E-state index in [-0.39, 0.29) is 6.71 Å². The molecule has 0 aromatic heterocycles. The Morgan fingerprint density at radius 1 is 0.388 bits per heavy atom. The Morgan fingerprint density at radius 2 is 0.837 bits per heavy atom. The van der Waals surface area contributed by atoms with Crippen molar-refractivity contribution in [3.8, 4) is 22.3 Å². The first-order chi connectivity index (χ1) is 24.2. The van der Waals surface area contributed by atoms with Crippen LogP contribution in [0.25, 0.3) is 34.4 Å². The van der Waals surface area contributed by atoms with E-state index in [4.69, 9.17) is 0 Å². The normalized spacial score (nSPS) is 12.5. The summed E-state index contributed by atoms with van der Waals surface area (Å²) in [5.74, 6) is 0. The van der Waals surface area contributed by atoms with Crippen molar-refractivity contribution in [2.45, 2.75) is 0 Å². The number of hydrogen-bond donors (Lipinski definition) is 0. The van der Waals surface area contributed by atoms with Crippen LogP contribution in [0.15, 0.2) is 177 Å². The van der Waals surface area contributed by atoms with E-state index >= 15 is 0 Å². The molecule has 0 saturated carbocycles. The van der Waals surface area contributed by atoms with Crippen LogP contribution in [-0.2, 0) is 0 Å². The minimum Gasteiger partial charge on any atom is -0.311 e. The highest BCUT2D eigenvalue weighted by Crippen LogP contribution is 2.46. The molecule has 0 atom stereocenters. The number of benzene rings is 7. The topological polar surface area (TPSA) is 6.48 Å². The van der Waals surface area contributed by atoms with Gasteiger partial charge in [0.05, 0.1) is 0 Å². The van der Waals surface area contributed by atoms with E-state index in [0.29, 0.717) is 0 Å². The molecule has 2 aliphatic heterocycles. The molecular weight excluding hydrogens is 591 g/mol. The van der Waals surface area contributed by atoms with Gasteiger partial charge >= 0.3 is 0 Å². The number of nitrogens with zero attached hydrogens (tertiary/aromatic N) is 2. The molecule has 0 fully saturated rings. The summed E-state index contributed by atoms with van der Waals surface area (Å²) >= 11 is 0. The van der Waals surface area contributed by atoms with Gasteiger partial charge in [-0.15, -0.1) is 0 Å². The number of fused-ring (bicyclic) bond motifs is 4. The average molecular weight is 625 g/mol. The molecule has 2 aliphatic rings. The van der Waals surface area contributed by atoms with E-state index < -0.39 is 0 Å². The Bertz CT molecular complexity index is 2360. The van der Waals surface area contributed by atoms with Crippen molar-refractivity contribution in [3.05, 3.63) is 188 Å². The van der Waals surface area contributed by atoms with Gasteiger partial charge in [0.25, 0.3) is 6.71 Å². The molecule has 0 bridgehead atoms. The quantitative estimate of drug-likeness (QED) is 0.170. The van der Waals surface area contributed by atoms with Crippen LogP contribution in [0.2, 0.25) is 0 Å². The van der Waals surface area contributed by atoms with E-state index in [9.17, 15) is 0 Å². The molecule has 7 aromatic rings. The Kier molecular flexibility index (Phi) is 6.91. The van der Waals surface area contributed by atoms with Gasteiger partial charge in [-0.3, -0.25) is 0 Å². The lowest BCUT2D eigenvalue weighted by molar-refractivity contribution is 1.25. The van der Waals surface area contributed by atoms with Gasteiger partial charge in [0.15, 0.2) is 0 Å². The number of rotatable bonds is 6. The van der Waals surface area contributed by atoms with Gasteiger partial charge < -0.3 is 9.80 Å². The van der Waals surface area contributed by atoms with Crippen LogP contribution in [0.5, 0.6) is 0 Å². The summed E-state index contributed by atoms with van der Waals surface area (Å²) in [7, 11) is 0. The highest BCUT2D eigenvalue weighted by atomic mass is 15.2. The van der Waals surface area contributed by atoms with Gasteiger partial charge in [0.1, 0.15) is 0 Å². The molecule has 0 aliphatic carbocycles. The molecular formula is C46H33BN2. The third kappa shape index (κ3) is 4.74. The van der Waals surface area contributed by atoms with Crippen molar-refractivity contribution < 1.29 is 0 Å². The third-order valence-electron chi connectivity index (χ3n) is 9.97. The van der Waals surface area contributed by atoms with E-state index in [1.165, 1.54) is 61.4 Å². The fraction of sp³-hybridized carbons (Fsp3) is 0. The molecule has 230 valence electrons. The van der Waals surface area contributed by atoms with Crippen LogP contribution >= 0.6 is 0 Å². The molecule has 0 saturated heterocycles. The predicted octanol–water partition coefficient (Wildman–Crippen LogP) is 10.4. The third-order valence-corrected chi connectivity index (χ3v) is 9.97. The van der Waals surface area contributed by atoms with Crippen molar-refractivity contribution in [2.24, 2.45) is 0 Å². The second kappa shape index (κ2) is 11.7. The summed E-state index contributed by atoms with van der Waals surface area (Å²) in [6, 6.07) is 59.7. The first-order valence-electron chi connectivity index (χ1n) is 16.8. The summed E-state index contributed by atoms with van der Waals surface area (Å²) in [4.78, 5) is 4.93. The maximum atomic E-state index is 3.98. The highest BCUT2D eigenvalue weighted by molar-refractivity contribution is 7.00. The van der Waals surface area contributed by atoms with Gasteiger partial charge in [-0.25, -0.2) is 0 Å². The fourth-order valence-corrected chi connectivity index (χ4v) is 7.62. The second-order valence-corrected chi connectivity index (χ2v) is 12.7. The van der Waals surface area contributed by atoms with Gasteiger partial charge in [-0.2, -0.15) is 0 Å². The van der Waals surface area contributed by atoms with Crippen molar-refractivity contribution in [2.75, 3.05) is 9.80 Å². The van der Waals surface area contributed by atoms with Crippen molar-refractivity contribution in [1.82, 2.24) is 0 Å². The number of anilines is 6. The Hall–Kier alpha value is -6.32. The zero-order valence-electron chi connectivity index (χ0n) is 27.1. The van der Waals surface area contributed by atoms with E-state index in [1.807, 2.05) is 12.2 Å². The summed E-state index contributed by atoms with van der Waals surface area (Å²) < 4.78 is 0. The zero-order chi connectivity index (χ0) is 32.9. The number of hydrogen-bond acceptors (Lipinski definition) is 2. The largest absolute Gasteiger partial charge is 0.311 e. The summed E-state index contributed by atoms with van der Waals surface area (Å²) in [5, 5.41) is 0. The molecule has 2 heterocycles. The molecule has 0 radical (unpaired) electrons. The zero-order valence-corrected chi connectivity index (χ0v) is 27.1. The Balaban J connectivity index is 1.37. The molecule has 0 N–H and O–H groups in total. The maximum absolute atomic E-state index is 3.98. The highest BCUT2D eigenvalue weighted by Gasteiger charge is 2.43. The van der Waals surface area contributed by atoms with E-state index in [0.717, 1.165) is 22.5 Å². The van der Waals surface area contributed by atoms with Crippen molar-refractivity contribution in [1.29, 1.82) is 0 Å². The first kappa shape index (κ1) is 28.9. The summed E-state index contributed by atoms with van der Waals surface area (Å²) in [5.41, 5.74) is 17.9. The molecule has 49 heavy (non-hydrogen) atoms. The predicted molar refractivity (Wildman–Crippen MR) is 212 cm³/mol. The summed E-state index contributed by atoms with van der Waals surface area (Å²) in [6.07, 6.45) is 3.79.